The molecule has 0 saturated heterocycles. The van der Waals surface area contributed by atoms with E-state index in [9.17, 15) is 4.39 Å². The number of aryl methyl sites for hydroxylation is 1. The lowest BCUT2D eigenvalue weighted by atomic mass is 10.1. The molecular formula is C10H12FNO. The molecule has 0 unspecified atom stereocenters. The van der Waals surface area contributed by atoms with E-state index in [1.54, 1.807) is 12.1 Å². The third-order valence-electron chi connectivity index (χ3n) is 1.80. The van der Waals surface area contributed by atoms with Gasteiger partial charge in [-0.2, -0.15) is 0 Å². The van der Waals surface area contributed by atoms with Gasteiger partial charge in [-0.1, -0.05) is 12.1 Å². The number of benzene rings is 1. The first-order valence-electron chi connectivity index (χ1n) is 4.08. The van der Waals surface area contributed by atoms with Crippen molar-refractivity contribution in [2.24, 2.45) is 0 Å². The van der Waals surface area contributed by atoms with Gasteiger partial charge in [-0.15, -0.1) is 0 Å². The topological polar surface area (TPSA) is 33.1 Å². The number of hydrogen-bond acceptors (Lipinski definition) is 2. The van der Waals surface area contributed by atoms with Crippen LogP contribution in [-0.4, -0.2) is 13.0 Å². The Morgan fingerprint density at radius 3 is 2.54 bits per heavy atom. The molecule has 3 heteroatoms. The first-order chi connectivity index (χ1) is 6.22. The van der Waals surface area contributed by atoms with Gasteiger partial charge in [-0.25, -0.2) is 4.39 Å². The second kappa shape index (κ2) is 4.60. The van der Waals surface area contributed by atoms with E-state index in [1.807, 2.05) is 0 Å². The minimum atomic E-state index is -0.231. The zero-order chi connectivity index (χ0) is 9.68. The van der Waals surface area contributed by atoms with Gasteiger partial charge in [0.05, 0.1) is 7.11 Å². The van der Waals surface area contributed by atoms with Crippen LogP contribution < -0.4 is 0 Å². The standard InChI is InChI=1S/C10H12FNO/c1-13-10(12)7-4-8-2-5-9(11)6-3-8/h2-3,5-6,12H,4,7H2,1H3. The fraction of sp³-hybridized carbons (Fsp3) is 0.300. The molecule has 0 spiro atoms. The van der Waals surface area contributed by atoms with Crippen molar-refractivity contribution < 1.29 is 9.13 Å². The van der Waals surface area contributed by atoms with Crippen LogP contribution in [0.1, 0.15) is 12.0 Å². The molecule has 0 atom stereocenters. The maximum Gasteiger partial charge on any atom is 0.180 e. The van der Waals surface area contributed by atoms with Gasteiger partial charge in [0.1, 0.15) is 5.82 Å². The highest BCUT2D eigenvalue weighted by Crippen LogP contribution is 2.05. The molecule has 0 saturated carbocycles. The zero-order valence-corrected chi connectivity index (χ0v) is 7.51. The molecule has 13 heavy (non-hydrogen) atoms. The van der Waals surface area contributed by atoms with Gasteiger partial charge in [0.15, 0.2) is 5.90 Å². The van der Waals surface area contributed by atoms with E-state index in [2.05, 4.69) is 0 Å². The van der Waals surface area contributed by atoms with Crippen LogP contribution in [0.25, 0.3) is 0 Å². The van der Waals surface area contributed by atoms with Crippen molar-refractivity contribution in [3.05, 3.63) is 35.6 Å². The van der Waals surface area contributed by atoms with Crippen molar-refractivity contribution in [1.29, 1.82) is 5.41 Å². The predicted octanol–water partition coefficient (Wildman–Crippen LogP) is 2.38. The van der Waals surface area contributed by atoms with Gasteiger partial charge in [-0.05, 0) is 24.1 Å². The summed E-state index contributed by atoms with van der Waals surface area (Å²) in [6.07, 6.45) is 1.27. The normalized spacial score (nSPS) is 9.69. The summed E-state index contributed by atoms with van der Waals surface area (Å²) in [5.74, 6) is 0.0230. The van der Waals surface area contributed by atoms with E-state index in [4.69, 9.17) is 10.1 Å². The van der Waals surface area contributed by atoms with Crippen molar-refractivity contribution in [2.45, 2.75) is 12.8 Å². The van der Waals surface area contributed by atoms with Crippen LogP contribution in [0.3, 0.4) is 0 Å². The minimum Gasteiger partial charge on any atom is -0.484 e. The summed E-state index contributed by atoms with van der Waals surface area (Å²) in [7, 11) is 1.48. The molecule has 2 nitrogen and oxygen atoms in total. The van der Waals surface area contributed by atoms with E-state index in [1.165, 1.54) is 19.2 Å². The summed E-state index contributed by atoms with van der Waals surface area (Å²) >= 11 is 0. The number of ether oxygens (including phenoxy) is 1. The first-order valence-corrected chi connectivity index (χ1v) is 4.08. The van der Waals surface area contributed by atoms with Crippen LogP contribution in [0.4, 0.5) is 4.39 Å². The Morgan fingerprint density at radius 1 is 1.38 bits per heavy atom. The lowest BCUT2D eigenvalue weighted by Gasteiger charge is -2.01. The van der Waals surface area contributed by atoms with Crippen molar-refractivity contribution in [3.8, 4) is 0 Å². The van der Waals surface area contributed by atoms with Crippen LogP contribution in [0.2, 0.25) is 0 Å². The molecule has 0 aliphatic heterocycles. The second-order valence-electron chi connectivity index (χ2n) is 2.75. The number of methoxy groups -OCH3 is 1. The molecule has 1 aromatic rings. The third kappa shape index (κ3) is 3.23. The molecule has 1 rings (SSSR count). The van der Waals surface area contributed by atoms with E-state index in [0.29, 0.717) is 12.8 Å². The lowest BCUT2D eigenvalue weighted by molar-refractivity contribution is 0.386. The van der Waals surface area contributed by atoms with Gasteiger partial charge >= 0.3 is 0 Å². The highest BCUT2D eigenvalue weighted by atomic mass is 19.1. The predicted molar refractivity (Wildman–Crippen MR) is 49.5 cm³/mol. The largest absolute Gasteiger partial charge is 0.484 e. The summed E-state index contributed by atoms with van der Waals surface area (Å²) in [6.45, 7) is 0. The molecule has 0 fully saturated rings. The molecule has 1 aromatic carbocycles. The van der Waals surface area contributed by atoms with Crippen LogP contribution in [0, 0.1) is 11.2 Å². The Hall–Kier alpha value is -1.38. The molecule has 70 valence electrons. The number of rotatable bonds is 3. The van der Waals surface area contributed by atoms with Gasteiger partial charge in [0, 0.05) is 6.42 Å². The molecule has 0 aliphatic rings. The Kier molecular flexibility index (Phi) is 3.43. The van der Waals surface area contributed by atoms with Gasteiger partial charge in [-0.3, -0.25) is 5.41 Å². The van der Waals surface area contributed by atoms with E-state index < -0.39 is 0 Å². The summed E-state index contributed by atoms with van der Waals surface area (Å²) in [5.41, 5.74) is 1.02. The summed E-state index contributed by atoms with van der Waals surface area (Å²) < 4.78 is 17.2. The van der Waals surface area contributed by atoms with E-state index >= 15 is 0 Å². The lowest BCUT2D eigenvalue weighted by Crippen LogP contribution is -2.00. The average molecular weight is 181 g/mol. The summed E-state index contributed by atoms with van der Waals surface area (Å²) in [5, 5.41) is 7.23. The fourth-order valence-corrected chi connectivity index (χ4v) is 1.01. The molecule has 0 radical (unpaired) electrons. The number of nitrogens with one attached hydrogen (secondary N) is 1. The van der Waals surface area contributed by atoms with Crippen molar-refractivity contribution in [1.82, 2.24) is 0 Å². The molecule has 0 aromatic heterocycles. The van der Waals surface area contributed by atoms with Crippen molar-refractivity contribution in [3.63, 3.8) is 0 Å². The quantitative estimate of drug-likeness (QED) is 0.563. The molecule has 0 aliphatic carbocycles. The molecule has 0 amide bonds. The van der Waals surface area contributed by atoms with Crippen LogP contribution in [0.15, 0.2) is 24.3 Å². The van der Waals surface area contributed by atoms with Crippen molar-refractivity contribution >= 4 is 5.90 Å². The van der Waals surface area contributed by atoms with E-state index in [-0.39, 0.29) is 11.7 Å². The third-order valence-corrected chi connectivity index (χ3v) is 1.80. The SMILES string of the molecule is COC(=N)CCc1ccc(F)cc1. The second-order valence-corrected chi connectivity index (χ2v) is 2.75. The first kappa shape index (κ1) is 9.71. The maximum atomic E-state index is 12.5. The summed E-state index contributed by atoms with van der Waals surface area (Å²) in [4.78, 5) is 0. The summed E-state index contributed by atoms with van der Waals surface area (Å²) in [6, 6.07) is 6.29. The molecule has 0 bridgehead atoms. The molecule has 1 N–H and O–H groups in total. The van der Waals surface area contributed by atoms with Crippen molar-refractivity contribution in [2.75, 3.05) is 7.11 Å². The Bertz CT molecular complexity index is 281. The van der Waals surface area contributed by atoms with Crippen LogP contribution in [-0.2, 0) is 11.2 Å². The monoisotopic (exact) mass is 181 g/mol. The Balaban J connectivity index is 2.46. The van der Waals surface area contributed by atoms with E-state index in [0.717, 1.165) is 5.56 Å². The Morgan fingerprint density at radius 2 is 2.00 bits per heavy atom. The van der Waals surface area contributed by atoms with Crippen LogP contribution in [0.5, 0.6) is 0 Å². The number of hydrogen-bond donors (Lipinski definition) is 1. The van der Waals surface area contributed by atoms with Gasteiger partial charge in [0.2, 0.25) is 0 Å². The minimum absolute atomic E-state index is 0.231. The highest BCUT2D eigenvalue weighted by molar-refractivity contribution is 5.72. The fourth-order valence-electron chi connectivity index (χ4n) is 1.01. The van der Waals surface area contributed by atoms with Gasteiger partial charge < -0.3 is 4.74 Å². The smallest absolute Gasteiger partial charge is 0.180 e. The molecule has 0 heterocycles. The van der Waals surface area contributed by atoms with Gasteiger partial charge in [0.25, 0.3) is 0 Å². The Labute approximate surface area is 76.9 Å². The highest BCUT2D eigenvalue weighted by Gasteiger charge is 1.97. The number of halogens is 1. The maximum absolute atomic E-state index is 12.5. The average Bonchev–Trinajstić information content (AvgIpc) is 2.16. The van der Waals surface area contributed by atoms with Crippen LogP contribution >= 0.6 is 0 Å². The zero-order valence-electron chi connectivity index (χ0n) is 7.51. The molecular weight excluding hydrogens is 169 g/mol.